The Balaban J connectivity index is 1.47. The normalized spacial score (nSPS) is 12.1. The van der Waals surface area contributed by atoms with Gasteiger partial charge in [0.1, 0.15) is 5.76 Å². The molecule has 2 N–H and O–H groups in total. The third-order valence-corrected chi connectivity index (χ3v) is 9.54. The number of fused-ring (bicyclic) bond motifs is 8. The minimum Gasteiger partial charge on any atom is -0.464 e. The molecule has 50 heavy (non-hydrogen) atoms. The molecule has 3 aromatic carbocycles. The first kappa shape index (κ1) is 29.7. The fourth-order valence-electron chi connectivity index (χ4n) is 6.96. The van der Waals surface area contributed by atoms with Crippen molar-refractivity contribution in [3.63, 3.8) is 0 Å². The summed E-state index contributed by atoms with van der Waals surface area (Å²) in [6, 6.07) is 38.4. The van der Waals surface area contributed by atoms with Gasteiger partial charge in [-0.2, -0.15) is 0 Å². The maximum absolute atomic E-state index is 6.04. The van der Waals surface area contributed by atoms with E-state index >= 15 is 0 Å². The molecule has 5 nitrogen and oxygen atoms in total. The molecule has 8 bridgehead atoms. The predicted molar refractivity (Wildman–Crippen MR) is 207 cm³/mol. The zero-order valence-corrected chi connectivity index (χ0v) is 28.1. The maximum atomic E-state index is 6.04. The molecule has 7 aromatic rings. The molecular weight excluding hydrogens is 613 g/mol. The van der Waals surface area contributed by atoms with Gasteiger partial charge in [-0.3, -0.25) is 0 Å². The van der Waals surface area contributed by atoms with Gasteiger partial charge in [0, 0.05) is 33.2 Å². The summed E-state index contributed by atoms with van der Waals surface area (Å²) in [6.07, 6.45) is 10.2. The molecule has 2 aliphatic heterocycles. The smallest absolute Gasteiger partial charge is 0.138 e. The lowest BCUT2D eigenvalue weighted by Crippen LogP contribution is -1.89. The summed E-state index contributed by atoms with van der Waals surface area (Å²) in [4.78, 5) is 18.3. The minimum atomic E-state index is 0.742. The van der Waals surface area contributed by atoms with E-state index in [9.17, 15) is 0 Å². The molecule has 6 heterocycles. The third-order valence-electron chi connectivity index (χ3n) is 9.54. The van der Waals surface area contributed by atoms with E-state index in [-0.39, 0.29) is 0 Å². The zero-order chi connectivity index (χ0) is 33.8. The van der Waals surface area contributed by atoms with Gasteiger partial charge in [-0.25, -0.2) is 9.97 Å². The van der Waals surface area contributed by atoms with E-state index in [1.807, 2.05) is 12.1 Å². The molecule has 0 unspecified atom stereocenters. The lowest BCUT2D eigenvalue weighted by Gasteiger charge is -2.07. The number of nitrogens with zero attached hydrogens (tertiary/aromatic N) is 2. The van der Waals surface area contributed by atoms with Crippen molar-refractivity contribution in [3.05, 3.63) is 155 Å². The molecule has 9 rings (SSSR count). The van der Waals surface area contributed by atoms with Crippen molar-refractivity contribution in [3.8, 4) is 44.7 Å². The molecule has 0 spiro atoms. The van der Waals surface area contributed by atoms with E-state index in [1.54, 1.807) is 6.26 Å². The molecule has 0 fully saturated rings. The summed E-state index contributed by atoms with van der Waals surface area (Å²) in [5.41, 5.74) is 18.2. The Labute approximate surface area is 290 Å². The monoisotopic (exact) mass is 646 g/mol. The second-order valence-corrected chi connectivity index (χ2v) is 13.1. The highest BCUT2D eigenvalue weighted by molar-refractivity contribution is 5.99. The SMILES string of the molecule is Cc1ccc(-c2c3nc(c(-c4ccc(C)cc4)c4ccc([nH]4)c(-c4ccco4)c4nc(c(-c5ccc(C)cc5)c5ccc2[nH]5)C=C4)C=C3)cc1. The molecule has 0 radical (unpaired) electrons. The molecule has 240 valence electrons. The van der Waals surface area contributed by atoms with Crippen LogP contribution >= 0.6 is 0 Å². The van der Waals surface area contributed by atoms with E-state index in [4.69, 9.17) is 14.4 Å². The number of hydrogen-bond donors (Lipinski definition) is 2. The number of benzene rings is 3. The van der Waals surface area contributed by atoms with Gasteiger partial charge >= 0.3 is 0 Å². The van der Waals surface area contributed by atoms with Crippen LogP contribution in [-0.2, 0) is 0 Å². The highest BCUT2D eigenvalue weighted by Crippen LogP contribution is 2.38. The van der Waals surface area contributed by atoms with Crippen LogP contribution in [-0.4, -0.2) is 19.9 Å². The van der Waals surface area contributed by atoms with Gasteiger partial charge in [-0.15, -0.1) is 0 Å². The first-order valence-electron chi connectivity index (χ1n) is 16.9. The molecule has 5 heteroatoms. The number of aromatic nitrogens is 4. The average Bonchev–Trinajstić information content (AvgIpc) is 3.97. The number of rotatable bonds is 4. The minimum absolute atomic E-state index is 0.742. The van der Waals surface area contributed by atoms with Gasteiger partial charge in [0.15, 0.2) is 0 Å². The van der Waals surface area contributed by atoms with Crippen molar-refractivity contribution in [2.45, 2.75) is 20.8 Å². The summed E-state index contributed by atoms with van der Waals surface area (Å²) in [5, 5.41) is 0. The maximum Gasteiger partial charge on any atom is 0.138 e. The highest BCUT2D eigenvalue weighted by atomic mass is 16.3. The average molecular weight is 647 g/mol. The topological polar surface area (TPSA) is 70.5 Å². The van der Waals surface area contributed by atoms with Crippen LogP contribution in [0.3, 0.4) is 0 Å². The molecular formula is C45H34N4O. The van der Waals surface area contributed by atoms with Crippen molar-refractivity contribution in [1.29, 1.82) is 0 Å². The Hall–Kier alpha value is -6.46. The van der Waals surface area contributed by atoms with Crippen LogP contribution < -0.4 is 0 Å². The molecule has 0 atom stereocenters. The predicted octanol–water partition coefficient (Wildman–Crippen LogP) is 11.8. The van der Waals surface area contributed by atoms with Crippen LogP contribution in [0.2, 0.25) is 0 Å². The second kappa shape index (κ2) is 11.9. The Morgan fingerprint density at radius 1 is 0.400 bits per heavy atom. The summed E-state index contributed by atoms with van der Waals surface area (Å²) < 4.78 is 6.04. The van der Waals surface area contributed by atoms with Crippen LogP contribution in [0, 0.1) is 20.8 Å². The van der Waals surface area contributed by atoms with E-state index in [0.29, 0.717) is 0 Å². The van der Waals surface area contributed by atoms with Crippen molar-refractivity contribution in [2.24, 2.45) is 0 Å². The lowest BCUT2D eigenvalue weighted by atomic mass is 10.0. The molecule has 0 amide bonds. The van der Waals surface area contributed by atoms with E-state index in [2.05, 4.69) is 152 Å². The van der Waals surface area contributed by atoms with Crippen LogP contribution in [0.25, 0.3) is 91.1 Å². The highest BCUT2D eigenvalue weighted by Gasteiger charge is 2.19. The van der Waals surface area contributed by atoms with Crippen LogP contribution in [0.15, 0.2) is 120 Å². The third kappa shape index (κ3) is 5.20. The Bertz CT molecular complexity index is 2590. The standard InChI is InChI=1S/C45H34N4O/c1-27-6-12-30(13-7-27)42-33-18-20-35(46-33)43(31-14-8-28(2)9-15-31)37-22-24-39(48-37)45(41-5-4-26-50-41)40-25-23-38(49-40)44(36-21-19-34(42)47-36)32-16-10-29(3)11-17-32/h4-26,46,49H,1-3H3. The van der Waals surface area contributed by atoms with Gasteiger partial charge in [-0.05, 0) is 98.2 Å². The molecule has 0 aliphatic carbocycles. The Morgan fingerprint density at radius 2 is 0.740 bits per heavy atom. The summed E-state index contributed by atoms with van der Waals surface area (Å²) >= 11 is 0. The molecule has 0 saturated heterocycles. The quantitative estimate of drug-likeness (QED) is 0.200. The van der Waals surface area contributed by atoms with Gasteiger partial charge in [0.05, 0.1) is 40.1 Å². The molecule has 2 aliphatic rings. The fraction of sp³-hybridized carbons (Fsp3) is 0.0667. The first-order chi connectivity index (χ1) is 24.5. The van der Waals surface area contributed by atoms with Gasteiger partial charge in [0.2, 0.25) is 0 Å². The van der Waals surface area contributed by atoms with Gasteiger partial charge in [-0.1, -0.05) is 89.5 Å². The molecule has 4 aromatic heterocycles. The number of aromatic amines is 2. The van der Waals surface area contributed by atoms with Crippen LogP contribution in [0.4, 0.5) is 0 Å². The van der Waals surface area contributed by atoms with Crippen molar-refractivity contribution >= 4 is 46.4 Å². The number of nitrogens with one attached hydrogen (secondary N) is 2. The zero-order valence-electron chi connectivity index (χ0n) is 28.1. The fourth-order valence-corrected chi connectivity index (χ4v) is 6.96. The van der Waals surface area contributed by atoms with Crippen LogP contribution in [0.1, 0.15) is 39.5 Å². The van der Waals surface area contributed by atoms with Crippen LogP contribution in [0.5, 0.6) is 0 Å². The Morgan fingerprint density at radius 3 is 1.08 bits per heavy atom. The van der Waals surface area contributed by atoms with E-state index < -0.39 is 0 Å². The van der Waals surface area contributed by atoms with Crippen molar-refractivity contribution in [1.82, 2.24) is 19.9 Å². The van der Waals surface area contributed by atoms with Crippen molar-refractivity contribution < 1.29 is 4.42 Å². The first-order valence-corrected chi connectivity index (χ1v) is 16.9. The van der Waals surface area contributed by atoms with Gasteiger partial charge in [0.25, 0.3) is 0 Å². The molecule has 0 saturated carbocycles. The van der Waals surface area contributed by atoms with E-state index in [1.165, 1.54) is 16.7 Å². The number of furan rings is 1. The van der Waals surface area contributed by atoms with E-state index in [0.717, 1.165) is 89.5 Å². The van der Waals surface area contributed by atoms with Crippen molar-refractivity contribution in [2.75, 3.05) is 0 Å². The summed E-state index contributed by atoms with van der Waals surface area (Å²) in [7, 11) is 0. The number of hydrogen-bond acceptors (Lipinski definition) is 3. The Kier molecular flexibility index (Phi) is 7.06. The second-order valence-electron chi connectivity index (χ2n) is 13.1. The largest absolute Gasteiger partial charge is 0.464 e. The summed E-state index contributed by atoms with van der Waals surface area (Å²) in [6.45, 7) is 6.34. The lowest BCUT2D eigenvalue weighted by molar-refractivity contribution is 0.582. The number of H-pyrrole nitrogens is 2. The van der Waals surface area contributed by atoms with Gasteiger partial charge < -0.3 is 14.4 Å². The number of aryl methyl sites for hydroxylation is 3. The summed E-state index contributed by atoms with van der Waals surface area (Å²) in [5.74, 6) is 0.742.